The summed E-state index contributed by atoms with van der Waals surface area (Å²) in [5, 5.41) is 0. The predicted molar refractivity (Wildman–Crippen MR) is 44.4 cm³/mol. The van der Waals surface area contributed by atoms with Crippen molar-refractivity contribution in [3.05, 3.63) is 0 Å². The minimum Gasteiger partial charge on any atom is -0.466 e. The summed E-state index contributed by atoms with van der Waals surface area (Å²) in [6.45, 7) is 4.45. The molecule has 0 aliphatic carbocycles. The first-order valence-corrected chi connectivity index (χ1v) is 3.96. The molecule has 0 rings (SSSR count). The van der Waals surface area contributed by atoms with Crippen LogP contribution in [0.5, 0.6) is 0 Å². The van der Waals surface area contributed by atoms with Gasteiger partial charge in [0.25, 0.3) is 0 Å². The summed E-state index contributed by atoms with van der Waals surface area (Å²) in [7, 11) is 0. The summed E-state index contributed by atoms with van der Waals surface area (Å²) in [5.74, 6) is -0.0593. The lowest BCUT2D eigenvalue weighted by atomic mass is 10.2. The zero-order chi connectivity index (χ0) is 7.82. The summed E-state index contributed by atoms with van der Waals surface area (Å²) in [6.07, 6.45) is 3.83. The van der Waals surface area contributed by atoms with Crippen LogP contribution < -0.4 is 0 Å². The van der Waals surface area contributed by atoms with E-state index in [4.69, 9.17) is 4.74 Å². The molecule has 0 unspecified atom stereocenters. The average molecular weight is 162 g/mol. The monoisotopic (exact) mass is 162 g/mol. The van der Waals surface area contributed by atoms with Gasteiger partial charge < -0.3 is 10.2 Å². The molecule has 0 bridgehead atoms. The fourth-order valence-corrected chi connectivity index (χ4v) is 0.752. The highest BCUT2D eigenvalue weighted by Crippen LogP contribution is 1.99. The largest absolute Gasteiger partial charge is 0.466 e. The molecule has 0 aromatic rings. The number of unbranched alkanes of at least 4 members (excludes halogenated alkanes) is 2. The van der Waals surface area contributed by atoms with Gasteiger partial charge in [0, 0.05) is 6.42 Å². The number of hydrogen-bond acceptors (Lipinski definition) is 2. The van der Waals surface area contributed by atoms with Gasteiger partial charge in [0.1, 0.15) is 0 Å². The quantitative estimate of drug-likeness (QED) is 0.452. The van der Waals surface area contributed by atoms with Crippen molar-refractivity contribution in [2.24, 2.45) is 0 Å². The molecule has 68 valence electrons. The highest BCUT2D eigenvalue weighted by atomic mass is 16.5. The second kappa shape index (κ2) is 9.43. The zero-order valence-electron chi connectivity index (χ0n) is 7.35. The first-order chi connectivity index (χ1) is 4.81. The fourth-order valence-electron chi connectivity index (χ4n) is 0.752. The Kier molecular flexibility index (Phi) is 11.2. The Bertz CT molecular complexity index is 91.3. The molecular weight excluding hydrogens is 144 g/mol. The van der Waals surface area contributed by atoms with E-state index in [0.29, 0.717) is 13.0 Å². The second-order valence-electron chi connectivity index (χ2n) is 2.26. The third-order valence-corrected chi connectivity index (χ3v) is 1.29. The van der Waals surface area contributed by atoms with Crippen molar-refractivity contribution >= 4 is 5.97 Å². The van der Waals surface area contributed by atoms with Gasteiger partial charge in [0.2, 0.25) is 0 Å². The Hall–Kier alpha value is -0.570. The van der Waals surface area contributed by atoms with Crippen molar-refractivity contribution in [1.82, 2.24) is 0 Å². The summed E-state index contributed by atoms with van der Waals surface area (Å²) >= 11 is 0. The lowest BCUT2D eigenvalue weighted by molar-refractivity contribution is -0.143. The molecular formula is C8H18O3. The van der Waals surface area contributed by atoms with Gasteiger partial charge in [0.15, 0.2) is 0 Å². The van der Waals surface area contributed by atoms with E-state index in [9.17, 15) is 4.79 Å². The van der Waals surface area contributed by atoms with E-state index in [1.807, 2.05) is 6.92 Å². The molecule has 0 saturated carbocycles. The smallest absolute Gasteiger partial charge is 0.305 e. The molecule has 0 fully saturated rings. The van der Waals surface area contributed by atoms with E-state index < -0.39 is 0 Å². The third-order valence-electron chi connectivity index (χ3n) is 1.29. The van der Waals surface area contributed by atoms with Gasteiger partial charge >= 0.3 is 5.97 Å². The van der Waals surface area contributed by atoms with Crippen LogP contribution in [0.2, 0.25) is 0 Å². The Labute approximate surface area is 68.0 Å². The molecule has 0 radical (unpaired) electrons. The van der Waals surface area contributed by atoms with Gasteiger partial charge in [0.05, 0.1) is 6.61 Å². The van der Waals surface area contributed by atoms with Crippen molar-refractivity contribution < 1.29 is 15.0 Å². The standard InChI is InChI=1S/C8H16O2.H2O/c1-3-5-6-7-8(9)10-4-2;/h3-7H2,1-2H3;1H2. The Morgan fingerprint density at radius 1 is 1.27 bits per heavy atom. The maximum Gasteiger partial charge on any atom is 0.305 e. The van der Waals surface area contributed by atoms with Crippen LogP contribution in [0, 0.1) is 0 Å². The van der Waals surface area contributed by atoms with Gasteiger partial charge in [-0.2, -0.15) is 0 Å². The van der Waals surface area contributed by atoms with Gasteiger partial charge in [-0.05, 0) is 13.3 Å². The minimum absolute atomic E-state index is 0. The predicted octanol–water partition coefficient (Wildman–Crippen LogP) is 1.31. The first kappa shape index (κ1) is 13.1. The van der Waals surface area contributed by atoms with Crippen LogP contribution in [-0.2, 0) is 9.53 Å². The molecule has 0 aromatic carbocycles. The van der Waals surface area contributed by atoms with E-state index in [1.165, 1.54) is 0 Å². The van der Waals surface area contributed by atoms with Gasteiger partial charge in [-0.3, -0.25) is 4.79 Å². The summed E-state index contributed by atoms with van der Waals surface area (Å²) in [6, 6.07) is 0. The molecule has 2 N–H and O–H groups in total. The van der Waals surface area contributed by atoms with Crippen molar-refractivity contribution in [2.45, 2.75) is 39.5 Å². The van der Waals surface area contributed by atoms with Crippen molar-refractivity contribution in [3.8, 4) is 0 Å². The lowest BCUT2D eigenvalue weighted by Crippen LogP contribution is -2.02. The minimum atomic E-state index is -0.0593. The Balaban J connectivity index is 0. The number of carbonyl (C=O) groups excluding carboxylic acids is 1. The van der Waals surface area contributed by atoms with Crippen LogP contribution in [0.3, 0.4) is 0 Å². The molecule has 0 heterocycles. The number of esters is 1. The fraction of sp³-hybridized carbons (Fsp3) is 0.875. The van der Waals surface area contributed by atoms with Gasteiger partial charge in [-0.15, -0.1) is 0 Å². The van der Waals surface area contributed by atoms with Crippen LogP contribution in [0.4, 0.5) is 0 Å². The van der Waals surface area contributed by atoms with Crippen molar-refractivity contribution in [1.29, 1.82) is 0 Å². The van der Waals surface area contributed by atoms with Gasteiger partial charge in [-0.1, -0.05) is 19.8 Å². The topological polar surface area (TPSA) is 57.8 Å². The number of ether oxygens (including phenoxy) is 1. The molecule has 0 aromatic heterocycles. The molecule has 11 heavy (non-hydrogen) atoms. The highest BCUT2D eigenvalue weighted by molar-refractivity contribution is 5.69. The van der Waals surface area contributed by atoms with Crippen LogP contribution in [0.1, 0.15) is 39.5 Å². The molecule has 0 saturated heterocycles. The molecule has 0 amide bonds. The highest BCUT2D eigenvalue weighted by Gasteiger charge is 1.98. The number of hydrogen-bond donors (Lipinski definition) is 0. The van der Waals surface area contributed by atoms with Crippen LogP contribution in [0.25, 0.3) is 0 Å². The summed E-state index contributed by atoms with van der Waals surface area (Å²) in [4.78, 5) is 10.7. The molecule has 3 nitrogen and oxygen atoms in total. The van der Waals surface area contributed by atoms with Crippen molar-refractivity contribution in [2.75, 3.05) is 6.61 Å². The average Bonchev–Trinajstić information content (AvgIpc) is 1.89. The SMILES string of the molecule is CCCCCC(=O)OCC.O. The number of carbonyl (C=O) groups is 1. The molecule has 0 aliphatic heterocycles. The summed E-state index contributed by atoms with van der Waals surface area (Å²) in [5.41, 5.74) is 0. The van der Waals surface area contributed by atoms with Gasteiger partial charge in [-0.25, -0.2) is 0 Å². The van der Waals surface area contributed by atoms with Crippen LogP contribution in [-0.4, -0.2) is 18.1 Å². The normalized spacial score (nSPS) is 8.55. The molecule has 0 aliphatic rings. The van der Waals surface area contributed by atoms with Crippen LogP contribution in [0.15, 0.2) is 0 Å². The molecule has 3 heteroatoms. The van der Waals surface area contributed by atoms with E-state index in [-0.39, 0.29) is 11.4 Å². The van der Waals surface area contributed by atoms with E-state index in [1.54, 1.807) is 0 Å². The molecule has 0 atom stereocenters. The van der Waals surface area contributed by atoms with Crippen molar-refractivity contribution in [3.63, 3.8) is 0 Å². The second-order valence-corrected chi connectivity index (χ2v) is 2.26. The third kappa shape index (κ3) is 9.43. The maximum atomic E-state index is 10.7. The Morgan fingerprint density at radius 3 is 2.36 bits per heavy atom. The first-order valence-electron chi connectivity index (χ1n) is 3.96. The van der Waals surface area contributed by atoms with E-state index in [2.05, 4.69) is 6.92 Å². The molecule has 0 spiro atoms. The lowest BCUT2D eigenvalue weighted by Gasteiger charge is -1.99. The van der Waals surface area contributed by atoms with E-state index in [0.717, 1.165) is 19.3 Å². The number of rotatable bonds is 5. The maximum absolute atomic E-state index is 10.7. The zero-order valence-corrected chi connectivity index (χ0v) is 7.35. The van der Waals surface area contributed by atoms with E-state index >= 15 is 0 Å². The Morgan fingerprint density at radius 2 is 1.91 bits per heavy atom. The van der Waals surface area contributed by atoms with Crippen LogP contribution >= 0.6 is 0 Å². The summed E-state index contributed by atoms with van der Waals surface area (Å²) < 4.78 is 4.75.